The topological polar surface area (TPSA) is 76.2 Å². The van der Waals surface area contributed by atoms with Crippen LogP contribution in [0.15, 0.2) is 30.6 Å². The molecule has 1 aliphatic rings. The fraction of sp³-hybridized carbons (Fsp3) is 0.353. The average Bonchev–Trinajstić information content (AvgIpc) is 3.32. The SMILES string of the molecule is Cc1ccc(C(=O)N2CCn3nc(C(O)c4nccn4C)cc3C2)s1. The lowest BCUT2D eigenvalue weighted by Gasteiger charge is -2.27. The number of aliphatic hydroxyl groups excluding tert-OH is 1. The molecule has 0 radical (unpaired) electrons. The molecular formula is C17H19N5O2S. The summed E-state index contributed by atoms with van der Waals surface area (Å²) in [5.41, 5.74) is 1.49. The number of amides is 1. The van der Waals surface area contributed by atoms with Crippen LogP contribution in [0.1, 0.15) is 37.9 Å². The minimum atomic E-state index is -0.873. The first-order chi connectivity index (χ1) is 12.0. The zero-order chi connectivity index (χ0) is 17.6. The molecule has 0 bridgehead atoms. The smallest absolute Gasteiger partial charge is 0.264 e. The van der Waals surface area contributed by atoms with Crippen molar-refractivity contribution in [1.29, 1.82) is 0 Å². The van der Waals surface area contributed by atoms with Crippen molar-refractivity contribution in [2.45, 2.75) is 26.1 Å². The molecule has 1 N–H and O–H groups in total. The fourth-order valence-electron chi connectivity index (χ4n) is 3.07. The van der Waals surface area contributed by atoms with Gasteiger partial charge < -0.3 is 14.6 Å². The van der Waals surface area contributed by atoms with Crippen LogP contribution in [0.25, 0.3) is 0 Å². The van der Waals surface area contributed by atoms with Gasteiger partial charge >= 0.3 is 0 Å². The fourth-order valence-corrected chi connectivity index (χ4v) is 3.91. The zero-order valence-electron chi connectivity index (χ0n) is 14.1. The van der Waals surface area contributed by atoms with Crippen molar-refractivity contribution in [3.8, 4) is 0 Å². The molecule has 1 aliphatic heterocycles. The molecule has 3 aromatic rings. The van der Waals surface area contributed by atoms with Crippen molar-refractivity contribution in [1.82, 2.24) is 24.2 Å². The number of carbonyl (C=O) groups is 1. The molecular weight excluding hydrogens is 338 g/mol. The summed E-state index contributed by atoms with van der Waals surface area (Å²) in [5, 5.41) is 15.0. The Labute approximate surface area is 149 Å². The van der Waals surface area contributed by atoms with Gasteiger partial charge in [0.05, 0.1) is 29.4 Å². The van der Waals surface area contributed by atoms with Crippen molar-refractivity contribution >= 4 is 17.2 Å². The highest BCUT2D eigenvalue weighted by Crippen LogP contribution is 2.24. The van der Waals surface area contributed by atoms with Gasteiger partial charge in [0.2, 0.25) is 0 Å². The summed E-state index contributed by atoms with van der Waals surface area (Å²) in [7, 11) is 1.84. The number of hydrogen-bond donors (Lipinski definition) is 1. The first kappa shape index (κ1) is 16.0. The average molecular weight is 357 g/mol. The van der Waals surface area contributed by atoms with E-state index in [4.69, 9.17) is 0 Å². The van der Waals surface area contributed by atoms with Crippen LogP contribution in [0.5, 0.6) is 0 Å². The van der Waals surface area contributed by atoms with Gasteiger partial charge in [0.1, 0.15) is 5.82 Å². The summed E-state index contributed by atoms with van der Waals surface area (Å²) in [6.45, 7) is 3.73. The van der Waals surface area contributed by atoms with Gasteiger partial charge in [-0.15, -0.1) is 11.3 Å². The van der Waals surface area contributed by atoms with E-state index in [1.165, 1.54) is 11.3 Å². The molecule has 0 aromatic carbocycles. The Morgan fingerprint density at radius 3 is 2.88 bits per heavy atom. The highest BCUT2D eigenvalue weighted by molar-refractivity contribution is 7.13. The van der Waals surface area contributed by atoms with Crippen molar-refractivity contribution < 1.29 is 9.90 Å². The first-order valence-electron chi connectivity index (χ1n) is 8.10. The molecule has 4 heterocycles. The molecule has 7 nitrogen and oxygen atoms in total. The van der Waals surface area contributed by atoms with Gasteiger partial charge in [0, 0.05) is 30.9 Å². The molecule has 1 unspecified atom stereocenters. The van der Waals surface area contributed by atoms with E-state index in [2.05, 4.69) is 10.1 Å². The Morgan fingerprint density at radius 2 is 2.20 bits per heavy atom. The highest BCUT2D eigenvalue weighted by atomic mass is 32.1. The van der Waals surface area contributed by atoms with E-state index in [9.17, 15) is 9.90 Å². The maximum absolute atomic E-state index is 12.6. The van der Waals surface area contributed by atoms with Gasteiger partial charge in [-0.3, -0.25) is 9.48 Å². The highest BCUT2D eigenvalue weighted by Gasteiger charge is 2.26. The van der Waals surface area contributed by atoms with E-state index in [1.807, 2.05) is 41.8 Å². The van der Waals surface area contributed by atoms with E-state index in [-0.39, 0.29) is 5.91 Å². The molecule has 0 saturated heterocycles. The molecule has 0 saturated carbocycles. The third kappa shape index (κ3) is 2.87. The molecule has 130 valence electrons. The predicted molar refractivity (Wildman–Crippen MR) is 93.3 cm³/mol. The van der Waals surface area contributed by atoms with Gasteiger partial charge in [-0.2, -0.15) is 5.10 Å². The monoisotopic (exact) mass is 357 g/mol. The number of imidazole rings is 1. The third-order valence-corrected chi connectivity index (χ3v) is 5.43. The largest absolute Gasteiger partial charge is 0.379 e. The number of aryl methyl sites for hydroxylation is 2. The molecule has 4 rings (SSSR count). The van der Waals surface area contributed by atoms with Crippen molar-refractivity contribution in [2.75, 3.05) is 6.54 Å². The maximum Gasteiger partial charge on any atom is 0.264 e. The normalized spacial score (nSPS) is 15.2. The standard InChI is InChI=1S/C17H19N5O2S/c1-11-3-4-14(25-11)17(24)21-7-8-22-12(10-21)9-13(19-22)15(23)16-18-5-6-20(16)2/h3-6,9,15,23H,7-8,10H2,1-2H3. The Kier molecular flexibility index (Phi) is 3.93. The van der Waals surface area contributed by atoms with Gasteiger partial charge in [-0.05, 0) is 25.1 Å². The van der Waals surface area contributed by atoms with Crippen molar-refractivity contribution in [3.05, 3.63) is 57.6 Å². The summed E-state index contributed by atoms with van der Waals surface area (Å²) in [4.78, 5) is 20.5. The molecule has 25 heavy (non-hydrogen) atoms. The number of aliphatic hydroxyl groups is 1. The number of hydrogen-bond acceptors (Lipinski definition) is 5. The predicted octanol–water partition coefficient (Wildman–Crippen LogP) is 1.72. The Hall–Kier alpha value is -2.45. The lowest BCUT2D eigenvalue weighted by Crippen LogP contribution is -2.38. The summed E-state index contributed by atoms with van der Waals surface area (Å²) in [6, 6.07) is 5.70. The second kappa shape index (κ2) is 6.12. The summed E-state index contributed by atoms with van der Waals surface area (Å²) in [5.74, 6) is 0.606. The quantitative estimate of drug-likeness (QED) is 0.774. The Bertz CT molecular complexity index is 925. The van der Waals surface area contributed by atoms with E-state index >= 15 is 0 Å². The van der Waals surface area contributed by atoms with Crippen LogP contribution in [0.2, 0.25) is 0 Å². The summed E-state index contributed by atoms with van der Waals surface area (Å²) in [6.07, 6.45) is 2.57. The third-order valence-electron chi connectivity index (χ3n) is 4.44. The lowest BCUT2D eigenvalue weighted by atomic mass is 10.2. The van der Waals surface area contributed by atoms with Crippen LogP contribution in [0, 0.1) is 6.92 Å². The Morgan fingerprint density at radius 1 is 1.36 bits per heavy atom. The minimum Gasteiger partial charge on any atom is -0.379 e. The van der Waals surface area contributed by atoms with Crippen LogP contribution >= 0.6 is 11.3 Å². The molecule has 1 amide bonds. The minimum absolute atomic E-state index is 0.0525. The summed E-state index contributed by atoms with van der Waals surface area (Å²) >= 11 is 1.52. The van der Waals surface area contributed by atoms with Gasteiger partial charge in [-0.25, -0.2) is 4.98 Å². The number of thiophene rings is 1. The first-order valence-corrected chi connectivity index (χ1v) is 8.92. The van der Waals surface area contributed by atoms with E-state index in [0.717, 1.165) is 15.4 Å². The number of rotatable bonds is 3. The Balaban J connectivity index is 1.55. The molecule has 0 fully saturated rings. The molecule has 0 aliphatic carbocycles. The van der Waals surface area contributed by atoms with Crippen molar-refractivity contribution in [2.24, 2.45) is 7.05 Å². The van der Waals surface area contributed by atoms with Crippen LogP contribution < -0.4 is 0 Å². The van der Waals surface area contributed by atoms with E-state index in [1.54, 1.807) is 17.0 Å². The second-order valence-corrected chi connectivity index (χ2v) is 7.51. The number of aromatic nitrogens is 4. The van der Waals surface area contributed by atoms with Gasteiger partial charge in [0.25, 0.3) is 5.91 Å². The molecule has 0 spiro atoms. The van der Waals surface area contributed by atoms with Gasteiger partial charge in [0.15, 0.2) is 6.10 Å². The van der Waals surface area contributed by atoms with E-state index < -0.39 is 6.10 Å². The van der Waals surface area contributed by atoms with Crippen LogP contribution in [0.3, 0.4) is 0 Å². The van der Waals surface area contributed by atoms with Gasteiger partial charge in [-0.1, -0.05) is 0 Å². The van der Waals surface area contributed by atoms with E-state index in [0.29, 0.717) is 31.2 Å². The van der Waals surface area contributed by atoms with Crippen LogP contribution in [0.4, 0.5) is 0 Å². The second-order valence-electron chi connectivity index (χ2n) is 6.22. The molecule has 8 heteroatoms. The zero-order valence-corrected chi connectivity index (χ0v) is 14.9. The van der Waals surface area contributed by atoms with Crippen LogP contribution in [-0.4, -0.2) is 41.8 Å². The molecule has 1 atom stereocenters. The van der Waals surface area contributed by atoms with Crippen LogP contribution in [-0.2, 0) is 20.1 Å². The number of nitrogens with zero attached hydrogens (tertiary/aromatic N) is 5. The number of fused-ring (bicyclic) bond motifs is 1. The number of carbonyl (C=O) groups excluding carboxylic acids is 1. The maximum atomic E-state index is 12.6. The van der Waals surface area contributed by atoms with Crippen molar-refractivity contribution in [3.63, 3.8) is 0 Å². The summed E-state index contributed by atoms with van der Waals surface area (Å²) < 4.78 is 3.64. The lowest BCUT2D eigenvalue weighted by molar-refractivity contribution is 0.0710. The molecule has 3 aromatic heterocycles.